The van der Waals surface area contributed by atoms with E-state index in [-0.39, 0.29) is 12.1 Å². The lowest BCUT2D eigenvalue weighted by molar-refractivity contribution is 0.302. The molecule has 0 aliphatic carbocycles. The van der Waals surface area contributed by atoms with E-state index >= 15 is 0 Å². The molecular weight excluding hydrogens is 386 g/mol. The van der Waals surface area contributed by atoms with Gasteiger partial charge < -0.3 is 25.0 Å². The van der Waals surface area contributed by atoms with E-state index in [2.05, 4.69) is 37.5 Å². The van der Waals surface area contributed by atoms with Gasteiger partial charge in [-0.3, -0.25) is 0 Å². The Bertz CT molecular complexity index is 730. The lowest BCUT2D eigenvalue weighted by Gasteiger charge is -2.32. The highest BCUT2D eigenvalue weighted by Crippen LogP contribution is 2.46. The number of nitrogens with zero attached hydrogens (tertiary/aromatic N) is 3. The third kappa shape index (κ3) is 2.97. The average Bonchev–Trinajstić information content (AvgIpc) is 3.00. The molecule has 4 rings (SSSR count). The van der Waals surface area contributed by atoms with E-state index in [0.29, 0.717) is 12.5 Å². The SMILES string of the molecule is CCOC1=NC(N2CCNCC2)=NC2c3c(cc(Br)cc3OC)NC12. The molecule has 1 aromatic rings. The minimum absolute atomic E-state index is 0.0928. The third-order valence-corrected chi connectivity index (χ3v) is 5.13. The summed E-state index contributed by atoms with van der Waals surface area (Å²) in [6.07, 6.45) is 0. The number of halogens is 1. The first-order valence-electron chi connectivity index (χ1n) is 8.60. The van der Waals surface area contributed by atoms with E-state index in [1.54, 1.807) is 7.11 Å². The van der Waals surface area contributed by atoms with Crippen LogP contribution in [0.25, 0.3) is 0 Å². The van der Waals surface area contributed by atoms with Gasteiger partial charge in [0.2, 0.25) is 11.9 Å². The average molecular weight is 408 g/mol. The molecular formula is C17H22BrN5O2. The second-order valence-corrected chi connectivity index (χ2v) is 7.10. The van der Waals surface area contributed by atoms with Gasteiger partial charge in [-0.1, -0.05) is 15.9 Å². The van der Waals surface area contributed by atoms with Gasteiger partial charge >= 0.3 is 0 Å². The van der Waals surface area contributed by atoms with E-state index < -0.39 is 0 Å². The maximum absolute atomic E-state index is 5.86. The van der Waals surface area contributed by atoms with Gasteiger partial charge in [-0.15, -0.1) is 0 Å². The number of hydrogen-bond donors (Lipinski definition) is 2. The van der Waals surface area contributed by atoms with Gasteiger partial charge in [0.05, 0.1) is 13.7 Å². The van der Waals surface area contributed by atoms with Crippen molar-refractivity contribution in [2.24, 2.45) is 9.98 Å². The molecule has 0 amide bonds. The van der Waals surface area contributed by atoms with E-state index in [1.807, 2.05) is 13.0 Å². The Balaban J connectivity index is 1.76. The minimum atomic E-state index is -0.0954. The predicted molar refractivity (Wildman–Crippen MR) is 102 cm³/mol. The zero-order valence-corrected chi connectivity index (χ0v) is 16.0. The first-order chi connectivity index (χ1) is 12.2. The molecule has 0 spiro atoms. The summed E-state index contributed by atoms with van der Waals surface area (Å²) in [5.41, 5.74) is 2.08. The first-order valence-corrected chi connectivity index (χ1v) is 9.39. The van der Waals surface area contributed by atoms with Crippen molar-refractivity contribution in [3.63, 3.8) is 0 Å². The van der Waals surface area contributed by atoms with Crippen molar-refractivity contribution in [3.8, 4) is 5.75 Å². The van der Waals surface area contributed by atoms with Crippen molar-refractivity contribution in [3.05, 3.63) is 22.2 Å². The smallest absolute Gasteiger partial charge is 0.224 e. The van der Waals surface area contributed by atoms with E-state index in [4.69, 9.17) is 19.5 Å². The van der Waals surface area contributed by atoms with Crippen molar-refractivity contribution in [1.29, 1.82) is 0 Å². The zero-order chi connectivity index (χ0) is 17.4. The molecule has 8 heteroatoms. The highest BCUT2D eigenvalue weighted by atomic mass is 79.9. The Morgan fingerprint density at radius 2 is 2.12 bits per heavy atom. The van der Waals surface area contributed by atoms with E-state index in [0.717, 1.165) is 53.6 Å². The van der Waals surface area contributed by atoms with Crippen LogP contribution in [0.1, 0.15) is 18.5 Å². The molecule has 2 N–H and O–H groups in total. The molecule has 0 bridgehead atoms. The van der Waals surface area contributed by atoms with Crippen molar-refractivity contribution in [2.45, 2.75) is 19.0 Å². The van der Waals surface area contributed by atoms with Crippen LogP contribution in [-0.2, 0) is 4.74 Å². The topological polar surface area (TPSA) is 70.5 Å². The van der Waals surface area contributed by atoms with E-state index in [9.17, 15) is 0 Å². The maximum Gasteiger partial charge on any atom is 0.224 e. The van der Waals surface area contributed by atoms with Crippen LogP contribution < -0.4 is 15.4 Å². The number of anilines is 1. The molecule has 0 saturated carbocycles. The fourth-order valence-electron chi connectivity index (χ4n) is 3.54. The molecule has 134 valence electrons. The van der Waals surface area contributed by atoms with Crippen molar-refractivity contribution in [1.82, 2.24) is 10.2 Å². The molecule has 1 fully saturated rings. The van der Waals surface area contributed by atoms with Gasteiger partial charge in [0.1, 0.15) is 17.8 Å². The minimum Gasteiger partial charge on any atom is -0.496 e. The summed E-state index contributed by atoms with van der Waals surface area (Å²) < 4.78 is 12.5. The fraction of sp³-hybridized carbons (Fsp3) is 0.529. The van der Waals surface area contributed by atoms with Gasteiger partial charge in [-0.25, -0.2) is 4.99 Å². The first kappa shape index (κ1) is 16.7. The van der Waals surface area contributed by atoms with Gasteiger partial charge in [-0.2, -0.15) is 4.99 Å². The number of nitrogens with one attached hydrogen (secondary N) is 2. The Morgan fingerprint density at radius 1 is 1.32 bits per heavy atom. The highest BCUT2D eigenvalue weighted by molar-refractivity contribution is 9.10. The predicted octanol–water partition coefficient (Wildman–Crippen LogP) is 2.00. The molecule has 0 radical (unpaired) electrons. The summed E-state index contributed by atoms with van der Waals surface area (Å²) in [6.45, 7) is 6.24. The summed E-state index contributed by atoms with van der Waals surface area (Å²) in [6, 6.07) is 3.85. The molecule has 2 atom stereocenters. The standard InChI is InChI=1S/C17H22BrN5O2/c1-3-25-16-15-14(21-17(22-16)23-6-4-19-5-7-23)13-11(20-15)8-10(18)9-12(13)24-2/h8-9,14-15,19-20H,3-7H2,1-2H3. The monoisotopic (exact) mass is 407 g/mol. The number of aliphatic imine (C=N–C) groups is 2. The molecule has 1 aromatic carbocycles. The Labute approximate surface area is 155 Å². The number of hydrogen-bond acceptors (Lipinski definition) is 7. The van der Waals surface area contributed by atoms with Crippen LogP contribution in [0.5, 0.6) is 5.75 Å². The molecule has 3 aliphatic rings. The number of ether oxygens (including phenoxy) is 2. The lowest BCUT2D eigenvalue weighted by Crippen LogP contribution is -2.48. The van der Waals surface area contributed by atoms with Crippen LogP contribution in [0.15, 0.2) is 26.6 Å². The Morgan fingerprint density at radius 3 is 2.84 bits per heavy atom. The van der Waals surface area contributed by atoms with Gasteiger partial charge in [0.25, 0.3) is 0 Å². The summed E-state index contributed by atoms with van der Waals surface area (Å²) in [7, 11) is 1.69. The van der Waals surface area contributed by atoms with Crippen LogP contribution in [0.3, 0.4) is 0 Å². The summed E-state index contributed by atoms with van der Waals surface area (Å²) in [5.74, 6) is 2.28. The Hall–Kier alpha value is -1.80. The third-order valence-electron chi connectivity index (χ3n) is 4.67. The summed E-state index contributed by atoms with van der Waals surface area (Å²) in [4.78, 5) is 11.9. The van der Waals surface area contributed by atoms with Crippen LogP contribution >= 0.6 is 15.9 Å². The number of piperazine rings is 1. The maximum atomic E-state index is 5.86. The van der Waals surface area contributed by atoms with Gasteiger partial charge in [0.15, 0.2) is 0 Å². The second kappa shape index (κ2) is 6.84. The summed E-state index contributed by atoms with van der Waals surface area (Å²) in [5, 5.41) is 6.87. The Kier molecular flexibility index (Phi) is 4.56. The van der Waals surface area contributed by atoms with Crippen LogP contribution in [-0.4, -0.2) is 62.7 Å². The van der Waals surface area contributed by atoms with Crippen molar-refractivity contribution >= 4 is 33.5 Å². The van der Waals surface area contributed by atoms with Crippen LogP contribution in [0, 0.1) is 0 Å². The van der Waals surface area contributed by atoms with Crippen LogP contribution in [0.4, 0.5) is 5.69 Å². The molecule has 3 aliphatic heterocycles. The highest BCUT2D eigenvalue weighted by Gasteiger charge is 2.42. The quantitative estimate of drug-likeness (QED) is 0.784. The van der Waals surface area contributed by atoms with Crippen molar-refractivity contribution < 1.29 is 9.47 Å². The molecule has 3 heterocycles. The van der Waals surface area contributed by atoms with E-state index in [1.165, 1.54) is 0 Å². The number of rotatable bonds is 2. The molecule has 0 aromatic heterocycles. The largest absolute Gasteiger partial charge is 0.496 e. The normalized spacial score (nSPS) is 24.7. The van der Waals surface area contributed by atoms with Crippen molar-refractivity contribution in [2.75, 3.05) is 45.2 Å². The molecule has 1 saturated heterocycles. The number of guanidine groups is 1. The molecule has 25 heavy (non-hydrogen) atoms. The molecule has 2 unspecified atom stereocenters. The van der Waals surface area contributed by atoms with Gasteiger partial charge in [-0.05, 0) is 19.1 Å². The van der Waals surface area contributed by atoms with Gasteiger partial charge in [0, 0.05) is 41.9 Å². The lowest BCUT2D eigenvalue weighted by atomic mass is 10.0. The number of fused-ring (bicyclic) bond motifs is 3. The second-order valence-electron chi connectivity index (χ2n) is 6.19. The zero-order valence-electron chi connectivity index (χ0n) is 14.4. The number of benzene rings is 1. The molecule has 7 nitrogen and oxygen atoms in total. The summed E-state index contributed by atoms with van der Waals surface area (Å²) >= 11 is 3.54. The van der Waals surface area contributed by atoms with Crippen LogP contribution in [0.2, 0.25) is 0 Å². The number of methoxy groups -OCH3 is 1. The fourth-order valence-corrected chi connectivity index (χ4v) is 3.98.